The molecule has 3 aromatic heterocycles. The Kier molecular flexibility index (Phi) is 2.56. The molecule has 1 N–H and O–H groups in total. The van der Waals surface area contributed by atoms with Gasteiger partial charge in [0.15, 0.2) is 0 Å². The number of nitrogens with zero attached hydrogens (tertiary/aromatic N) is 1. The predicted octanol–water partition coefficient (Wildman–Crippen LogP) is 3.64. The lowest BCUT2D eigenvalue weighted by Gasteiger charge is -2.10. The molecule has 3 heterocycles. The number of aromatic nitrogens is 2. The molecule has 4 rings (SSSR count). The van der Waals surface area contributed by atoms with Crippen molar-refractivity contribution in [2.75, 3.05) is 0 Å². The highest BCUT2D eigenvalue weighted by Crippen LogP contribution is 2.42. The number of furan rings is 1. The van der Waals surface area contributed by atoms with Gasteiger partial charge >= 0.3 is 0 Å². The molecule has 0 aromatic carbocycles. The summed E-state index contributed by atoms with van der Waals surface area (Å²) in [6.45, 7) is 1.80. The Bertz CT molecular complexity index is 875. The number of fused-ring (bicyclic) bond motifs is 5. The highest BCUT2D eigenvalue weighted by molar-refractivity contribution is 7.19. The van der Waals surface area contributed by atoms with Crippen molar-refractivity contribution >= 4 is 33.2 Å². The maximum Gasteiger partial charge on any atom is 0.260 e. The zero-order chi connectivity index (χ0) is 13.9. The average Bonchev–Trinajstić information content (AvgIpc) is 3.00. The number of thiophene rings is 1. The van der Waals surface area contributed by atoms with Gasteiger partial charge in [0, 0.05) is 22.4 Å². The average molecular weight is 307 g/mol. The fourth-order valence-corrected chi connectivity index (χ4v) is 4.00. The van der Waals surface area contributed by atoms with E-state index in [-0.39, 0.29) is 10.9 Å². The molecule has 3 aromatic rings. The highest BCUT2D eigenvalue weighted by atomic mass is 35.5. The van der Waals surface area contributed by atoms with Gasteiger partial charge in [0.1, 0.15) is 16.4 Å². The van der Waals surface area contributed by atoms with Crippen LogP contribution in [0.1, 0.15) is 28.8 Å². The third-order valence-electron chi connectivity index (χ3n) is 3.62. The van der Waals surface area contributed by atoms with E-state index in [0.717, 1.165) is 34.6 Å². The number of halogens is 1. The van der Waals surface area contributed by atoms with Gasteiger partial charge in [0.2, 0.25) is 0 Å². The van der Waals surface area contributed by atoms with Crippen molar-refractivity contribution < 1.29 is 4.42 Å². The number of nitrogens with one attached hydrogen (secondary N) is 1. The van der Waals surface area contributed by atoms with E-state index in [9.17, 15) is 4.79 Å². The van der Waals surface area contributed by atoms with Gasteiger partial charge in [-0.05, 0) is 19.4 Å². The third-order valence-corrected chi connectivity index (χ3v) is 4.97. The van der Waals surface area contributed by atoms with Crippen molar-refractivity contribution in [3.05, 3.63) is 39.1 Å². The summed E-state index contributed by atoms with van der Waals surface area (Å²) in [6, 6.07) is 1.93. The lowest BCUT2D eigenvalue weighted by Crippen LogP contribution is -2.12. The Morgan fingerprint density at radius 2 is 2.35 bits per heavy atom. The van der Waals surface area contributed by atoms with Gasteiger partial charge in [-0.3, -0.25) is 4.79 Å². The molecule has 0 bridgehead atoms. The van der Waals surface area contributed by atoms with Crippen LogP contribution in [0.5, 0.6) is 0 Å². The Morgan fingerprint density at radius 1 is 1.50 bits per heavy atom. The lowest BCUT2D eigenvalue weighted by molar-refractivity contribution is 0.508. The van der Waals surface area contributed by atoms with Crippen LogP contribution >= 0.6 is 22.9 Å². The first-order valence-corrected chi connectivity index (χ1v) is 7.67. The number of hydrogen-bond acceptors (Lipinski definition) is 4. The Morgan fingerprint density at radius 3 is 3.15 bits per heavy atom. The summed E-state index contributed by atoms with van der Waals surface area (Å²) in [7, 11) is 0. The van der Waals surface area contributed by atoms with E-state index >= 15 is 0 Å². The van der Waals surface area contributed by atoms with Crippen LogP contribution in [0.2, 0.25) is 0 Å². The van der Waals surface area contributed by atoms with Crippen LogP contribution < -0.4 is 5.56 Å². The summed E-state index contributed by atoms with van der Waals surface area (Å²) in [4.78, 5) is 21.6. The van der Waals surface area contributed by atoms with Gasteiger partial charge < -0.3 is 9.40 Å². The molecule has 102 valence electrons. The van der Waals surface area contributed by atoms with E-state index in [1.165, 1.54) is 4.88 Å². The van der Waals surface area contributed by atoms with Crippen molar-refractivity contribution in [3.8, 4) is 11.1 Å². The van der Waals surface area contributed by atoms with E-state index in [1.54, 1.807) is 24.5 Å². The molecule has 6 heteroatoms. The van der Waals surface area contributed by atoms with E-state index in [0.29, 0.717) is 11.2 Å². The smallest absolute Gasteiger partial charge is 0.260 e. The lowest BCUT2D eigenvalue weighted by atomic mass is 9.95. The SMILES string of the molecule is CC(Cl)c1nc2sc3c(c2c(=O)[nH]1)-c1ccoc1CC3. The van der Waals surface area contributed by atoms with Crippen LogP contribution in [0.25, 0.3) is 21.3 Å². The van der Waals surface area contributed by atoms with Gasteiger partial charge in [0.05, 0.1) is 17.0 Å². The Balaban J connectivity index is 2.09. The monoisotopic (exact) mass is 306 g/mol. The molecule has 0 fully saturated rings. The van der Waals surface area contributed by atoms with Crippen LogP contribution in [0.15, 0.2) is 21.5 Å². The summed E-state index contributed by atoms with van der Waals surface area (Å²) in [5.74, 6) is 1.47. The fraction of sp³-hybridized carbons (Fsp3) is 0.286. The second kappa shape index (κ2) is 4.20. The fourth-order valence-electron chi connectivity index (χ4n) is 2.70. The quantitative estimate of drug-likeness (QED) is 0.698. The molecule has 0 aliphatic heterocycles. The van der Waals surface area contributed by atoms with E-state index in [2.05, 4.69) is 9.97 Å². The van der Waals surface area contributed by atoms with Crippen molar-refractivity contribution in [1.82, 2.24) is 9.97 Å². The molecule has 0 saturated carbocycles. The molecule has 1 aliphatic carbocycles. The van der Waals surface area contributed by atoms with E-state index in [4.69, 9.17) is 16.0 Å². The second-order valence-electron chi connectivity index (χ2n) is 4.91. The van der Waals surface area contributed by atoms with Crippen molar-refractivity contribution in [2.45, 2.75) is 25.1 Å². The van der Waals surface area contributed by atoms with Crippen molar-refractivity contribution in [1.29, 1.82) is 0 Å². The second-order valence-corrected chi connectivity index (χ2v) is 6.64. The standard InChI is InChI=1S/C14H11ClN2O2S/c1-6(15)12-16-13(18)11-10-7-4-5-19-8(7)2-3-9(10)20-14(11)17-12/h4-6H,2-3H2,1H3,(H,16,17,18). The van der Waals surface area contributed by atoms with Crippen LogP contribution in [0.4, 0.5) is 0 Å². The molecular formula is C14H11ClN2O2S. The zero-order valence-corrected chi connectivity index (χ0v) is 12.3. The van der Waals surface area contributed by atoms with E-state index in [1.807, 2.05) is 6.07 Å². The number of rotatable bonds is 1. The molecule has 1 aliphatic rings. The molecule has 0 radical (unpaired) electrons. The normalized spacial score (nSPS) is 15.1. The first kappa shape index (κ1) is 12.2. The first-order chi connectivity index (χ1) is 9.65. The van der Waals surface area contributed by atoms with Crippen molar-refractivity contribution in [3.63, 3.8) is 0 Å². The summed E-state index contributed by atoms with van der Waals surface area (Å²) < 4.78 is 5.48. The summed E-state index contributed by atoms with van der Waals surface area (Å²) >= 11 is 7.60. The van der Waals surface area contributed by atoms with Crippen molar-refractivity contribution in [2.24, 2.45) is 0 Å². The molecule has 4 nitrogen and oxygen atoms in total. The number of aromatic amines is 1. The molecule has 1 unspecified atom stereocenters. The minimum absolute atomic E-state index is 0.121. The number of alkyl halides is 1. The number of H-pyrrole nitrogens is 1. The van der Waals surface area contributed by atoms with Gasteiger partial charge in [0.25, 0.3) is 5.56 Å². The first-order valence-electron chi connectivity index (χ1n) is 6.41. The summed E-state index contributed by atoms with van der Waals surface area (Å²) in [5.41, 5.74) is 1.89. The minimum atomic E-state index is -0.310. The molecule has 1 atom stereocenters. The van der Waals surface area contributed by atoms with Crippen LogP contribution in [0.3, 0.4) is 0 Å². The van der Waals surface area contributed by atoms with Crippen LogP contribution in [-0.2, 0) is 12.8 Å². The minimum Gasteiger partial charge on any atom is -0.469 e. The molecular weight excluding hydrogens is 296 g/mol. The maximum absolute atomic E-state index is 12.4. The number of aryl methyl sites for hydroxylation is 2. The highest BCUT2D eigenvalue weighted by Gasteiger charge is 2.26. The van der Waals surface area contributed by atoms with Crippen LogP contribution in [-0.4, -0.2) is 9.97 Å². The number of hydrogen-bond donors (Lipinski definition) is 1. The summed E-state index contributed by atoms with van der Waals surface area (Å²) in [5, 5.41) is 0.351. The van der Waals surface area contributed by atoms with Gasteiger partial charge in [-0.15, -0.1) is 22.9 Å². The molecule has 0 amide bonds. The summed E-state index contributed by atoms with van der Waals surface area (Å²) in [6.07, 6.45) is 3.45. The van der Waals surface area contributed by atoms with E-state index < -0.39 is 0 Å². The largest absolute Gasteiger partial charge is 0.469 e. The zero-order valence-electron chi connectivity index (χ0n) is 10.7. The Labute approximate surface area is 123 Å². The van der Waals surface area contributed by atoms with Gasteiger partial charge in [-0.1, -0.05) is 0 Å². The maximum atomic E-state index is 12.4. The third kappa shape index (κ3) is 1.60. The predicted molar refractivity (Wildman–Crippen MR) is 79.6 cm³/mol. The molecule has 0 saturated heterocycles. The van der Waals surface area contributed by atoms with Crippen LogP contribution in [0, 0.1) is 0 Å². The molecule has 20 heavy (non-hydrogen) atoms. The van der Waals surface area contributed by atoms with Gasteiger partial charge in [-0.2, -0.15) is 0 Å². The van der Waals surface area contributed by atoms with Gasteiger partial charge in [-0.25, -0.2) is 4.98 Å². The topological polar surface area (TPSA) is 58.9 Å². The Hall–Kier alpha value is -1.59. The molecule has 0 spiro atoms.